The van der Waals surface area contributed by atoms with Crippen LogP contribution in [0, 0.1) is 5.92 Å². The van der Waals surface area contributed by atoms with Gasteiger partial charge in [-0.25, -0.2) is 0 Å². The van der Waals surface area contributed by atoms with Crippen molar-refractivity contribution in [3.63, 3.8) is 0 Å². The second kappa shape index (κ2) is 6.14. The monoisotopic (exact) mass is 256 g/mol. The molecule has 0 atom stereocenters. The molecule has 3 heteroatoms. The number of nitrogen functional groups attached to an aromatic ring is 1. The molecule has 3 N–H and O–H groups in total. The van der Waals surface area contributed by atoms with E-state index >= 15 is 0 Å². The number of benzene rings is 2. The minimum atomic E-state index is 0.530. The van der Waals surface area contributed by atoms with Crippen LogP contribution in [0.4, 0.5) is 17.1 Å². The molecule has 100 valence electrons. The summed E-state index contributed by atoms with van der Waals surface area (Å²) in [6.45, 7) is 5.00. The SMILES string of the molecule is CC(C)COc1ccc(Nc2ccccc2N)cc1. The highest BCUT2D eigenvalue weighted by atomic mass is 16.5. The van der Waals surface area contributed by atoms with Gasteiger partial charge < -0.3 is 15.8 Å². The summed E-state index contributed by atoms with van der Waals surface area (Å²) in [5, 5.41) is 3.28. The van der Waals surface area contributed by atoms with E-state index in [2.05, 4.69) is 19.2 Å². The van der Waals surface area contributed by atoms with Gasteiger partial charge >= 0.3 is 0 Å². The van der Waals surface area contributed by atoms with Crippen LogP contribution in [0.15, 0.2) is 48.5 Å². The summed E-state index contributed by atoms with van der Waals surface area (Å²) in [4.78, 5) is 0. The third-order valence-corrected chi connectivity index (χ3v) is 2.68. The molecule has 2 rings (SSSR count). The average Bonchev–Trinajstić information content (AvgIpc) is 2.40. The van der Waals surface area contributed by atoms with E-state index in [4.69, 9.17) is 10.5 Å². The third-order valence-electron chi connectivity index (χ3n) is 2.68. The minimum absolute atomic E-state index is 0.530. The van der Waals surface area contributed by atoms with Crippen molar-refractivity contribution in [2.24, 2.45) is 5.92 Å². The highest BCUT2D eigenvalue weighted by Gasteiger charge is 2.00. The lowest BCUT2D eigenvalue weighted by molar-refractivity contribution is 0.271. The molecule has 0 bridgehead atoms. The molecule has 3 nitrogen and oxygen atoms in total. The van der Waals surface area contributed by atoms with Crippen molar-refractivity contribution in [3.05, 3.63) is 48.5 Å². The Morgan fingerprint density at radius 2 is 1.74 bits per heavy atom. The smallest absolute Gasteiger partial charge is 0.119 e. The molecule has 0 heterocycles. The van der Waals surface area contributed by atoms with Crippen LogP contribution in [-0.4, -0.2) is 6.61 Å². The maximum atomic E-state index is 5.89. The maximum Gasteiger partial charge on any atom is 0.119 e. The van der Waals surface area contributed by atoms with E-state index in [0.717, 1.165) is 29.4 Å². The summed E-state index contributed by atoms with van der Waals surface area (Å²) in [5.41, 5.74) is 8.54. The quantitative estimate of drug-likeness (QED) is 0.793. The summed E-state index contributed by atoms with van der Waals surface area (Å²) in [6, 6.07) is 15.6. The van der Waals surface area contributed by atoms with E-state index in [1.807, 2.05) is 48.5 Å². The van der Waals surface area contributed by atoms with Crippen LogP contribution >= 0.6 is 0 Å². The molecule has 0 saturated carbocycles. The molecule has 2 aromatic rings. The zero-order valence-electron chi connectivity index (χ0n) is 11.4. The Balaban J connectivity index is 2.01. The van der Waals surface area contributed by atoms with Crippen LogP contribution in [0.1, 0.15) is 13.8 Å². The van der Waals surface area contributed by atoms with Crippen LogP contribution < -0.4 is 15.8 Å². The van der Waals surface area contributed by atoms with Crippen LogP contribution in [-0.2, 0) is 0 Å². The molecule has 0 aliphatic rings. The van der Waals surface area contributed by atoms with Gasteiger partial charge in [0.25, 0.3) is 0 Å². The molecular weight excluding hydrogens is 236 g/mol. The predicted molar refractivity (Wildman–Crippen MR) is 80.9 cm³/mol. The average molecular weight is 256 g/mol. The normalized spacial score (nSPS) is 10.5. The number of nitrogens with one attached hydrogen (secondary N) is 1. The lowest BCUT2D eigenvalue weighted by Crippen LogP contribution is -2.04. The predicted octanol–water partition coefficient (Wildman–Crippen LogP) is 4.05. The van der Waals surface area contributed by atoms with Crippen LogP contribution in [0.5, 0.6) is 5.75 Å². The molecule has 0 amide bonds. The Bertz CT molecular complexity index is 521. The fourth-order valence-electron chi connectivity index (χ4n) is 1.66. The van der Waals surface area contributed by atoms with E-state index in [0.29, 0.717) is 5.92 Å². The number of nitrogens with two attached hydrogens (primary N) is 1. The Morgan fingerprint density at radius 3 is 2.37 bits per heavy atom. The first kappa shape index (κ1) is 13.3. The molecule has 0 spiro atoms. The van der Waals surface area contributed by atoms with E-state index in [9.17, 15) is 0 Å². The summed E-state index contributed by atoms with van der Waals surface area (Å²) in [6.07, 6.45) is 0. The second-order valence-electron chi connectivity index (χ2n) is 4.94. The van der Waals surface area contributed by atoms with Crippen molar-refractivity contribution in [2.45, 2.75) is 13.8 Å². The van der Waals surface area contributed by atoms with Gasteiger partial charge in [-0.05, 0) is 42.3 Å². The standard InChI is InChI=1S/C16H20N2O/c1-12(2)11-19-14-9-7-13(8-10-14)18-16-6-4-3-5-15(16)17/h3-10,12,18H,11,17H2,1-2H3. The number of ether oxygens (including phenoxy) is 1. The molecule has 0 unspecified atom stereocenters. The van der Waals surface area contributed by atoms with Gasteiger partial charge in [0.2, 0.25) is 0 Å². The zero-order chi connectivity index (χ0) is 13.7. The number of hydrogen-bond acceptors (Lipinski definition) is 3. The first-order valence-electron chi connectivity index (χ1n) is 6.49. The number of anilines is 3. The first-order valence-corrected chi connectivity index (χ1v) is 6.49. The highest BCUT2D eigenvalue weighted by molar-refractivity contribution is 5.72. The van der Waals surface area contributed by atoms with E-state index in [1.54, 1.807) is 0 Å². The lowest BCUT2D eigenvalue weighted by atomic mass is 10.2. The van der Waals surface area contributed by atoms with E-state index < -0.39 is 0 Å². The zero-order valence-corrected chi connectivity index (χ0v) is 11.4. The topological polar surface area (TPSA) is 47.3 Å². The van der Waals surface area contributed by atoms with Crippen LogP contribution in [0.2, 0.25) is 0 Å². The van der Waals surface area contributed by atoms with Crippen molar-refractivity contribution >= 4 is 17.1 Å². The van der Waals surface area contributed by atoms with Crippen molar-refractivity contribution in [3.8, 4) is 5.75 Å². The fraction of sp³-hybridized carbons (Fsp3) is 0.250. The summed E-state index contributed by atoms with van der Waals surface area (Å²) >= 11 is 0. The first-order chi connectivity index (χ1) is 9.15. The molecular formula is C16H20N2O. The second-order valence-corrected chi connectivity index (χ2v) is 4.94. The van der Waals surface area contributed by atoms with Crippen molar-refractivity contribution in [1.82, 2.24) is 0 Å². The number of rotatable bonds is 5. The third kappa shape index (κ3) is 3.91. The molecule has 0 aromatic heterocycles. The minimum Gasteiger partial charge on any atom is -0.493 e. The molecule has 0 aliphatic carbocycles. The Kier molecular flexibility index (Phi) is 4.29. The summed E-state index contributed by atoms with van der Waals surface area (Å²) in [5.74, 6) is 1.42. The van der Waals surface area contributed by atoms with Crippen molar-refractivity contribution < 1.29 is 4.74 Å². The van der Waals surface area contributed by atoms with Gasteiger partial charge in [0, 0.05) is 5.69 Å². The highest BCUT2D eigenvalue weighted by Crippen LogP contribution is 2.24. The molecule has 19 heavy (non-hydrogen) atoms. The molecule has 0 saturated heterocycles. The fourth-order valence-corrected chi connectivity index (χ4v) is 1.66. The van der Waals surface area contributed by atoms with Gasteiger partial charge in [-0.15, -0.1) is 0 Å². The largest absolute Gasteiger partial charge is 0.493 e. The van der Waals surface area contributed by atoms with Crippen molar-refractivity contribution in [2.75, 3.05) is 17.7 Å². The van der Waals surface area contributed by atoms with E-state index in [1.165, 1.54) is 0 Å². The van der Waals surface area contributed by atoms with Gasteiger partial charge in [-0.1, -0.05) is 26.0 Å². The van der Waals surface area contributed by atoms with Crippen molar-refractivity contribution in [1.29, 1.82) is 0 Å². The van der Waals surface area contributed by atoms with Gasteiger partial charge in [0.15, 0.2) is 0 Å². The van der Waals surface area contributed by atoms with Gasteiger partial charge in [-0.3, -0.25) is 0 Å². The molecule has 0 aliphatic heterocycles. The maximum absolute atomic E-state index is 5.89. The van der Waals surface area contributed by atoms with E-state index in [-0.39, 0.29) is 0 Å². The van der Waals surface area contributed by atoms with Crippen LogP contribution in [0.3, 0.4) is 0 Å². The van der Waals surface area contributed by atoms with Crippen LogP contribution in [0.25, 0.3) is 0 Å². The molecule has 0 fully saturated rings. The summed E-state index contributed by atoms with van der Waals surface area (Å²) < 4.78 is 5.64. The lowest BCUT2D eigenvalue weighted by Gasteiger charge is -2.11. The van der Waals surface area contributed by atoms with Gasteiger partial charge in [0.1, 0.15) is 5.75 Å². The Labute approximate surface area is 114 Å². The molecule has 0 radical (unpaired) electrons. The Hall–Kier alpha value is -2.16. The number of hydrogen-bond donors (Lipinski definition) is 2. The van der Waals surface area contributed by atoms with Gasteiger partial charge in [0.05, 0.1) is 18.0 Å². The summed E-state index contributed by atoms with van der Waals surface area (Å²) in [7, 11) is 0. The number of para-hydroxylation sites is 2. The van der Waals surface area contributed by atoms with Gasteiger partial charge in [-0.2, -0.15) is 0 Å². The Morgan fingerprint density at radius 1 is 1.05 bits per heavy atom. The molecule has 2 aromatic carbocycles.